The molecule has 1 aliphatic heterocycles. The second-order valence-electron chi connectivity index (χ2n) is 5.67. The Labute approximate surface area is 124 Å². The van der Waals surface area contributed by atoms with E-state index in [-0.39, 0.29) is 0 Å². The first-order chi connectivity index (χ1) is 10.1. The average molecular weight is 286 g/mol. The van der Waals surface area contributed by atoms with Gasteiger partial charge >= 0.3 is 5.96 Å². The molecule has 6 heteroatoms. The quantitative estimate of drug-likeness (QED) is 0.548. The van der Waals surface area contributed by atoms with Gasteiger partial charge in [-0.2, -0.15) is 4.98 Å². The maximum atomic E-state index is 4.55. The first-order valence-corrected chi connectivity index (χ1v) is 7.33. The number of hydrogen-bond donors (Lipinski definition) is 4. The van der Waals surface area contributed by atoms with E-state index in [1.807, 2.05) is 31.2 Å². The standard InChI is InChI=1S/C15H20N6/c1-10(2)21-8-16-14(17-9-21)20-15-18-11(3)12-6-4-5-7-13(12)19-15/h4-7,10H,8-9H2,1-3H3,(H2,16,17,18,19,20)/p+2. The Morgan fingerprint density at radius 1 is 1.29 bits per heavy atom. The molecule has 2 heterocycles. The highest BCUT2D eigenvalue weighted by Crippen LogP contribution is 2.16. The molecule has 0 radical (unpaired) electrons. The second kappa shape index (κ2) is 5.65. The van der Waals surface area contributed by atoms with Crippen LogP contribution in [0.3, 0.4) is 0 Å². The summed E-state index contributed by atoms with van der Waals surface area (Å²) in [6.45, 7) is 8.21. The maximum absolute atomic E-state index is 4.55. The maximum Gasteiger partial charge on any atom is 0.359 e. The highest BCUT2D eigenvalue weighted by molar-refractivity contribution is 5.89. The number of benzene rings is 1. The van der Waals surface area contributed by atoms with E-state index in [1.165, 1.54) is 4.90 Å². The number of guanidine groups is 1. The van der Waals surface area contributed by atoms with Gasteiger partial charge in [0.15, 0.2) is 13.3 Å². The molecule has 1 atom stereocenters. The van der Waals surface area contributed by atoms with E-state index >= 15 is 0 Å². The molecule has 21 heavy (non-hydrogen) atoms. The second-order valence-corrected chi connectivity index (χ2v) is 5.67. The molecule has 0 spiro atoms. The van der Waals surface area contributed by atoms with Crippen LogP contribution in [0.5, 0.6) is 0 Å². The third-order valence-corrected chi connectivity index (χ3v) is 3.83. The molecule has 0 saturated heterocycles. The summed E-state index contributed by atoms with van der Waals surface area (Å²) < 4.78 is 0. The molecular formula is C15H22N6+2. The van der Waals surface area contributed by atoms with Gasteiger partial charge in [-0.1, -0.05) is 18.2 Å². The number of aromatic nitrogens is 2. The molecule has 0 saturated carbocycles. The number of quaternary nitrogens is 1. The van der Waals surface area contributed by atoms with Gasteiger partial charge in [0, 0.05) is 5.39 Å². The number of hydrogen-bond acceptors (Lipinski definition) is 4. The molecule has 1 aliphatic rings. The summed E-state index contributed by atoms with van der Waals surface area (Å²) >= 11 is 0. The monoisotopic (exact) mass is 286 g/mol. The number of rotatable bonds is 2. The van der Waals surface area contributed by atoms with E-state index in [0.29, 0.717) is 12.0 Å². The molecule has 1 aromatic heterocycles. The third kappa shape index (κ3) is 2.95. The Hall–Kier alpha value is -2.21. The average Bonchev–Trinajstić information content (AvgIpc) is 2.48. The highest BCUT2D eigenvalue weighted by Gasteiger charge is 2.22. The van der Waals surface area contributed by atoms with Crippen molar-refractivity contribution in [2.24, 2.45) is 0 Å². The molecule has 2 aromatic rings. The molecule has 1 unspecified atom stereocenters. The smallest absolute Gasteiger partial charge is 0.275 e. The van der Waals surface area contributed by atoms with E-state index in [4.69, 9.17) is 0 Å². The molecule has 0 bridgehead atoms. The highest BCUT2D eigenvalue weighted by atomic mass is 15.4. The van der Waals surface area contributed by atoms with Crippen molar-refractivity contribution in [3.63, 3.8) is 0 Å². The van der Waals surface area contributed by atoms with Gasteiger partial charge in [0.25, 0.3) is 5.95 Å². The van der Waals surface area contributed by atoms with Crippen LogP contribution < -0.4 is 20.5 Å². The van der Waals surface area contributed by atoms with Crippen LogP contribution >= 0.6 is 0 Å². The predicted octanol–water partition coefficient (Wildman–Crippen LogP) is -1.40. The molecule has 110 valence electrons. The third-order valence-electron chi connectivity index (χ3n) is 3.83. The lowest BCUT2D eigenvalue weighted by atomic mass is 10.2. The number of nitrogens with zero attached hydrogens (tertiary/aromatic N) is 2. The summed E-state index contributed by atoms with van der Waals surface area (Å²) in [6.07, 6.45) is 0. The van der Waals surface area contributed by atoms with Gasteiger partial charge in [0.1, 0.15) is 0 Å². The van der Waals surface area contributed by atoms with Gasteiger partial charge in [-0.3, -0.25) is 4.90 Å². The van der Waals surface area contributed by atoms with Crippen LogP contribution in [0.25, 0.3) is 10.9 Å². The summed E-state index contributed by atoms with van der Waals surface area (Å²) in [6, 6.07) is 8.64. The van der Waals surface area contributed by atoms with E-state index in [2.05, 4.69) is 39.4 Å². The molecule has 4 N–H and O–H groups in total. The molecule has 0 fully saturated rings. The van der Waals surface area contributed by atoms with Crippen molar-refractivity contribution in [3.8, 4) is 0 Å². The molecule has 1 aromatic carbocycles. The first kappa shape index (κ1) is 13.8. The van der Waals surface area contributed by atoms with Crippen LogP contribution in [0, 0.1) is 6.92 Å². The van der Waals surface area contributed by atoms with Crippen molar-refractivity contribution in [1.29, 1.82) is 0 Å². The number of fused-ring (bicyclic) bond motifs is 1. The van der Waals surface area contributed by atoms with E-state index in [1.54, 1.807) is 0 Å². The van der Waals surface area contributed by atoms with Gasteiger partial charge < -0.3 is 0 Å². The summed E-state index contributed by atoms with van der Waals surface area (Å²) in [7, 11) is 0. The minimum absolute atomic E-state index is 0.589. The number of anilines is 1. The van der Waals surface area contributed by atoms with Crippen molar-refractivity contribution in [3.05, 3.63) is 30.0 Å². The van der Waals surface area contributed by atoms with E-state index in [9.17, 15) is 0 Å². The van der Waals surface area contributed by atoms with Crippen LogP contribution in [0.1, 0.15) is 19.5 Å². The number of nitrogens with one attached hydrogen (secondary N) is 4. The Bertz CT molecular complexity index is 679. The lowest BCUT2D eigenvalue weighted by molar-refractivity contribution is -0.997. The Kier molecular flexibility index (Phi) is 3.70. The zero-order valence-electron chi connectivity index (χ0n) is 12.7. The Morgan fingerprint density at radius 2 is 2.10 bits per heavy atom. The number of para-hydroxylation sites is 1. The Morgan fingerprint density at radius 3 is 2.81 bits per heavy atom. The summed E-state index contributed by atoms with van der Waals surface area (Å²) in [4.78, 5) is 13.9. The Balaban J connectivity index is 1.80. The van der Waals surface area contributed by atoms with Gasteiger partial charge in [-0.25, -0.2) is 20.6 Å². The lowest BCUT2D eigenvalue weighted by Crippen LogP contribution is -3.26. The van der Waals surface area contributed by atoms with Gasteiger partial charge in [-0.05, 0) is 26.8 Å². The van der Waals surface area contributed by atoms with Crippen LogP contribution in [-0.2, 0) is 0 Å². The fourth-order valence-corrected chi connectivity index (χ4v) is 2.43. The zero-order chi connectivity index (χ0) is 14.8. The summed E-state index contributed by atoms with van der Waals surface area (Å²) in [5.74, 6) is 1.49. The fourth-order valence-electron chi connectivity index (χ4n) is 2.43. The minimum atomic E-state index is 0.589. The van der Waals surface area contributed by atoms with Crippen molar-refractivity contribution in [2.75, 3.05) is 18.7 Å². The van der Waals surface area contributed by atoms with E-state index in [0.717, 1.165) is 35.9 Å². The molecule has 0 amide bonds. The molecule has 0 aliphatic carbocycles. The van der Waals surface area contributed by atoms with Gasteiger partial charge in [0.2, 0.25) is 0 Å². The minimum Gasteiger partial charge on any atom is -0.275 e. The summed E-state index contributed by atoms with van der Waals surface area (Å²) in [5.41, 5.74) is 1.94. The topological polar surface area (TPSA) is 68.2 Å². The number of aryl methyl sites for hydroxylation is 1. The fraction of sp³-hybridized carbons (Fsp3) is 0.400. The zero-order valence-corrected chi connectivity index (χ0v) is 12.7. The van der Waals surface area contributed by atoms with Crippen LogP contribution in [0.2, 0.25) is 0 Å². The molecular weight excluding hydrogens is 264 g/mol. The molecule has 6 nitrogen and oxygen atoms in total. The van der Waals surface area contributed by atoms with Crippen LogP contribution in [0.15, 0.2) is 24.3 Å². The van der Waals surface area contributed by atoms with Crippen LogP contribution in [0.4, 0.5) is 5.95 Å². The van der Waals surface area contributed by atoms with Crippen molar-refractivity contribution < 1.29 is 9.89 Å². The van der Waals surface area contributed by atoms with Crippen LogP contribution in [-0.4, -0.2) is 35.3 Å². The predicted molar refractivity (Wildman–Crippen MR) is 82.8 cm³/mol. The van der Waals surface area contributed by atoms with E-state index < -0.39 is 0 Å². The SMILES string of the molecule is Cc1nc(NC2=[NH+]C[NH+](C(C)C)CN2)nc2ccccc12. The summed E-state index contributed by atoms with van der Waals surface area (Å²) in [5, 5.41) is 7.67. The van der Waals surface area contributed by atoms with Gasteiger partial charge in [0.05, 0.1) is 17.3 Å². The first-order valence-electron chi connectivity index (χ1n) is 7.33. The normalized spacial score (nSPS) is 18.5. The lowest BCUT2D eigenvalue weighted by Gasteiger charge is -2.23. The van der Waals surface area contributed by atoms with Crippen molar-refractivity contribution in [1.82, 2.24) is 15.3 Å². The molecule has 3 rings (SSSR count). The van der Waals surface area contributed by atoms with Crippen molar-refractivity contribution >= 4 is 22.8 Å². The van der Waals surface area contributed by atoms with Gasteiger partial charge in [-0.15, -0.1) is 0 Å². The largest absolute Gasteiger partial charge is 0.359 e. The van der Waals surface area contributed by atoms with Crippen molar-refractivity contribution in [2.45, 2.75) is 26.8 Å².